The zero-order valence-electron chi connectivity index (χ0n) is 8.86. The van der Waals surface area contributed by atoms with E-state index >= 15 is 0 Å². The molecule has 0 atom stereocenters. The smallest absolute Gasteiger partial charge is 0.129 e. The number of terminal acetylenes is 1. The molecule has 1 fully saturated rings. The van der Waals surface area contributed by atoms with Gasteiger partial charge in [-0.15, -0.1) is 6.42 Å². The number of rotatable bonds is 1. The lowest BCUT2D eigenvalue weighted by Crippen LogP contribution is -2.36. The highest BCUT2D eigenvalue weighted by atomic mass is 16.5. The molecule has 0 saturated carbocycles. The van der Waals surface area contributed by atoms with Crippen LogP contribution < -0.4 is 4.90 Å². The van der Waals surface area contributed by atoms with Gasteiger partial charge in [0.15, 0.2) is 0 Å². The van der Waals surface area contributed by atoms with Gasteiger partial charge in [-0.3, -0.25) is 0 Å². The van der Waals surface area contributed by atoms with Crippen molar-refractivity contribution in [2.24, 2.45) is 0 Å². The van der Waals surface area contributed by atoms with Gasteiger partial charge in [0.1, 0.15) is 5.82 Å². The van der Waals surface area contributed by atoms with E-state index in [1.54, 1.807) is 0 Å². The SMILES string of the molecule is C#Cc1ccc(N2CCOCC2)nc1C. The summed E-state index contributed by atoms with van der Waals surface area (Å²) in [4.78, 5) is 6.71. The predicted octanol–water partition coefficient (Wildman–Crippen LogP) is 1.21. The normalized spacial score (nSPS) is 16.1. The first-order valence-electron chi connectivity index (χ1n) is 5.08. The number of hydrogen-bond donors (Lipinski definition) is 0. The molecule has 3 nitrogen and oxygen atoms in total. The summed E-state index contributed by atoms with van der Waals surface area (Å²) in [5, 5.41) is 0. The molecule has 0 amide bonds. The first-order chi connectivity index (χ1) is 7.31. The van der Waals surface area contributed by atoms with Crippen molar-refractivity contribution in [2.75, 3.05) is 31.2 Å². The first-order valence-corrected chi connectivity index (χ1v) is 5.08. The fourth-order valence-electron chi connectivity index (χ4n) is 1.67. The Balaban J connectivity index is 2.22. The van der Waals surface area contributed by atoms with Crippen molar-refractivity contribution in [2.45, 2.75) is 6.92 Å². The van der Waals surface area contributed by atoms with Crippen LogP contribution in [0.2, 0.25) is 0 Å². The van der Waals surface area contributed by atoms with Gasteiger partial charge >= 0.3 is 0 Å². The average molecular weight is 202 g/mol. The second-order valence-electron chi connectivity index (χ2n) is 3.55. The van der Waals surface area contributed by atoms with E-state index in [0.29, 0.717) is 0 Å². The molecule has 1 aliphatic heterocycles. The lowest BCUT2D eigenvalue weighted by molar-refractivity contribution is 0.122. The average Bonchev–Trinajstić information content (AvgIpc) is 2.30. The molecule has 15 heavy (non-hydrogen) atoms. The third-order valence-electron chi connectivity index (χ3n) is 2.56. The van der Waals surface area contributed by atoms with Gasteiger partial charge in [-0.2, -0.15) is 0 Å². The van der Waals surface area contributed by atoms with Crippen molar-refractivity contribution >= 4 is 5.82 Å². The van der Waals surface area contributed by atoms with Crippen molar-refractivity contribution < 1.29 is 4.74 Å². The van der Waals surface area contributed by atoms with Crippen LogP contribution in [0.1, 0.15) is 11.3 Å². The summed E-state index contributed by atoms with van der Waals surface area (Å²) >= 11 is 0. The number of anilines is 1. The Bertz CT molecular complexity index is 389. The number of aryl methyl sites for hydroxylation is 1. The van der Waals surface area contributed by atoms with E-state index < -0.39 is 0 Å². The molecule has 1 aromatic rings. The van der Waals surface area contributed by atoms with Gasteiger partial charge in [0, 0.05) is 18.7 Å². The number of nitrogens with zero attached hydrogens (tertiary/aromatic N) is 2. The topological polar surface area (TPSA) is 25.4 Å². The van der Waals surface area contributed by atoms with Gasteiger partial charge in [-0.1, -0.05) is 5.92 Å². The summed E-state index contributed by atoms with van der Waals surface area (Å²) in [6.45, 7) is 5.30. The second kappa shape index (κ2) is 4.33. The molecule has 0 N–H and O–H groups in total. The molecule has 2 rings (SSSR count). The van der Waals surface area contributed by atoms with Crippen molar-refractivity contribution in [1.82, 2.24) is 4.98 Å². The van der Waals surface area contributed by atoms with Crippen LogP contribution in [0.3, 0.4) is 0 Å². The Labute approximate surface area is 90.1 Å². The molecule has 1 saturated heterocycles. The summed E-state index contributed by atoms with van der Waals surface area (Å²) in [5.41, 5.74) is 1.79. The van der Waals surface area contributed by atoms with Crippen molar-refractivity contribution in [3.8, 4) is 12.3 Å². The number of ether oxygens (including phenoxy) is 1. The molecule has 1 aromatic heterocycles. The third-order valence-corrected chi connectivity index (χ3v) is 2.56. The summed E-state index contributed by atoms with van der Waals surface area (Å²) in [7, 11) is 0. The minimum atomic E-state index is 0.775. The molecule has 0 aromatic carbocycles. The first kappa shape index (κ1) is 10.0. The summed E-state index contributed by atoms with van der Waals surface area (Å²) in [6, 6.07) is 3.93. The summed E-state index contributed by atoms with van der Waals surface area (Å²) in [6.07, 6.45) is 5.36. The van der Waals surface area contributed by atoms with Crippen molar-refractivity contribution in [3.05, 3.63) is 23.4 Å². The number of morpholine rings is 1. The maximum Gasteiger partial charge on any atom is 0.129 e. The summed E-state index contributed by atoms with van der Waals surface area (Å²) in [5.74, 6) is 3.61. The lowest BCUT2D eigenvalue weighted by Gasteiger charge is -2.28. The second-order valence-corrected chi connectivity index (χ2v) is 3.55. The Hall–Kier alpha value is -1.53. The van der Waals surface area contributed by atoms with Crippen LogP contribution in [0.15, 0.2) is 12.1 Å². The van der Waals surface area contributed by atoms with Crippen molar-refractivity contribution in [3.63, 3.8) is 0 Å². The maximum absolute atomic E-state index is 5.36. The highest BCUT2D eigenvalue weighted by molar-refractivity contribution is 5.46. The molecule has 1 aliphatic rings. The van der Waals surface area contributed by atoms with Crippen LogP contribution in [-0.4, -0.2) is 31.3 Å². The van der Waals surface area contributed by atoms with Gasteiger partial charge in [-0.05, 0) is 19.1 Å². The molecule has 3 heteroatoms. The fourth-order valence-corrected chi connectivity index (χ4v) is 1.67. The standard InChI is InChI=1S/C12H14N2O/c1-3-11-4-5-12(13-10(11)2)14-6-8-15-9-7-14/h1,4-5H,6-9H2,2H3. The minimum Gasteiger partial charge on any atom is -0.378 e. The quantitative estimate of drug-likeness (QED) is 0.640. The zero-order valence-corrected chi connectivity index (χ0v) is 8.86. The molecular formula is C12H14N2O. The fraction of sp³-hybridized carbons (Fsp3) is 0.417. The molecule has 0 bridgehead atoms. The van der Waals surface area contributed by atoms with E-state index in [2.05, 4.69) is 15.8 Å². The number of aromatic nitrogens is 1. The van der Waals surface area contributed by atoms with Crippen LogP contribution in [0.5, 0.6) is 0 Å². The van der Waals surface area contributed by atoms with E-state index in [9.17, 15) is 0 Å². The summed E-state index contributed by atoms with van der Waals surface area (Å²) < 4.78 is 5.29. The highest BCUT2D eigenvalue weighted by Crippen LogP contribution is 2.15. The maximum atomic E-state index is 5.36. The van der Waals surface area contributed by atoms with Gasteiger partial charge in [0.05, 0.1) is 18.9 Å². The van der Waals surface area contributed by atoms with E-state index in [1.165, 1.54) is 0 Å². The van der Waals surface area contributed by atoms with E-state index in [-0.39, 0.29) is 0 Å². The van der Waals surface area contributed by atoms with Crippen molar-refractivity contribution in [1.29, 1.82) is 0 Å². The Morgan fingerprint density at radius 3 is 2.73 bits per heavy atom. The number of pyridine rings is 1. The third kappa shape index (κ3) is 2.11. The molecular weight excluding hydrogens is 188 g/mol. The lowest BCUT2D eigenvalue weighted by atomic mass is 10.2. The van der Waals surface area contributed by atoms with E-state index in [0.717, 1.165) is 43.4 Å². The largest absolute Gasteiger partial charge is 0.378 e. The van der Waals surface area contributed by atoms with Gasteiger partial charge in [-0.25, -0.2) is 4.98 Å². The van der Waals surface area contributed by atoms with Gasteiger partial charge < -0.3 is 9.64 Å². The molecule has 0 spiro atoms. The highest BCUT2D eigenvalue weighted by Gasteiger charge is 2.12. The Kier molecular flexibility index (Phi) is 2.89. The Morgan fingerprint density at radius 1 is 1.40 bits per heavy atom. The van der Waals surface area contributed by atoms with E-state index in [4.69, 9.17) is 11.2 Å². The minimum absolute atomic E-state index is 0.775. The molecule has 78 valence electrons. The predicted molar refractivity (Wildman–Crippen MR) is 59.9 cm³/mol. The molecule has 2 heterocycles. The van der Waals surface area contributed by atoms with Gasteiger partial charge in [0.2, 0.25) is 0 Å². The Morgan fingerprint density at radius 2 is 2.13 bits per heavy atom. The van der Waals surface area contributed by atoms with Crippen LogP contribution in [0.25, 0.3) is 0 Å². The van der Waals surface area contributed by atoms with Gasteiger partial charge in [0.25, 0.3) is 0 Å². The molecule has 0 aliphatic carbocycles. The van der Waals surface area contributed by atoms with Crippen LogP contribution in [0, 0.1) is 19.3 Å². The number of hydrogen-bond acceptors (Lipinski definition) is 3. The van der Waals surface area contributed by atoms with Crippen LogP contribution in [-0.2, 0) is 4.74 Å². The van der Waals surface area contributed by atoms with Crippen LogP contribution >= 0.6 is 0 Å². The zero-order chi connectivity index (χ0) is 10.7. The van der Waals surface area contributed by atoms with E-state index in [1.807, 2.05) is 19.1 Å². The van der Waals surface area contributed by atoms with Crippen LogP contribution in [0.4, 0.5) is 5.82 Å². The molecule has 0 unspecified atom stereocenters. The monoisotopic (exact) mass is 202 g/mol. The molecule has 0 radical (unpaired) electrons.